The van der Waals surface area contributed by atoms with Crippen molar-refractivity contribution in [2.24, 2.45) is 5.92 Å². The molecular weight excluding hydrogens is 330 g/mol. The van der Waals surface area contributed by atoms with Crippen molar-refractivity contribution < 1.29 is 9.47 Å². The maximum absolute atomic E-state index is 6.10. The molecule has 2 fully saturated rings. The first-order valence-corrected chi connectivity index (χ1v) is 9.86. The standard InChI is InChI=1S/C16H21N3O2S2/c1-2-13-16(12(1)10-20-11-15-18-4-8-23-15)21-6-5-19(13)9-14-17-3-7-22-14/h3-4,7-8,12-13,16H,1-2,5-6,9-11H2. The Bertz CT molecular complexity index is 591. The van der Waals surface area contributed by atoms with Gasteiger partial charge < -0.3 is 9.47 Å². The van der Waals surface area contributed by atoms with Crippen molar-refractivity contribution in [3.63, 3.8) is 0 Å². The second-order valence-corrected chi connectivity index (χ2v) is 8.04. The van der Waals surface area contributed by atoms with E-state index in [-0.39, 0.29) is 0 Å². The number of morpholine rings is 1. The van der Waals surface area contributed by atoms with E-state index in [9.17, 15) is 0 Å². The van der Waals surface area contributed by atoms with Gasteiger partial charge in [-0.1, -0.05) is 0 Å². The van der Waals surface area contributed by atoms with Gasteiger partial charge in [-0.25, -0.2) is 9.97 Å². The minimum Gasteiger partial charge on any atom is -0.375 e. The molecule has 1 aliphatic carbocycles. The zero-order chi connectivity index (χ0) is 15.5. The number of fused-ring (bicyclic) bond motifs is 1. The molecule has 4 rings (SSSR count). The second-order valence-electron chi connectivity index (χ2n) is 6.08. The zero-order valence-corrected chi connectivity index (χ0v) is 14.6. The van der Waals surface area contributed by atoms with E-state index >= 15 is 0 Å². The molecule has 2 aromatic heterocycles. The smallest absolute Gasteiger partial charge is 0.118 e. The summed E-state index contributed by atoms with van der Waals surface area (Å²) in [6.07, 6.45) is 6.40. The number of hydrogen-bond donors (Lipinski definition) is 0. The van der Waals surface area contributed by atoms with Gasteiger partial charge in [-0.3, -0.25) is 4.90 Å². The van der Waals surface area contributed by atoms with Crippen LogP contribution in [0.1, 0.15) is 22.9 Å². The van der Waals surface area contributed by atoms with Gasteiger partial charge in [0.2, 0.25) is 0 Å². The molecular formula is C16H21N3O2S2. The lowest BCUT2D eigenvalue weighted by Crippen LogP contribution is -2.50. The van der Waals surface area contributed by atoms with Crippen molar-refractivity contribution in [3.8, 4) is 0 Å². The van der Waals surface area contributed by atoms with Gasteiger partial charge >= 0.3 is 0 Å². The van der Waals surface area contributed by atoms with Crippen molar-refractivity contribution in [1.82, 2.24) is 14.9 Å². The number of hydrogen-bond acceptors (Lipinski definition) is 7. The van der Waals surface area contributed by atoms with Crippen molar-refractivity contribution in [2.45, 2.75) is 38.1 Å². The minimum atomic E-state index is 0.306. The first kappa shape index (κ1) is 15.7. The lowest BCUT2D eigenvalue weighted by molar-refractivity contribution is -0.0891. The van der Waals surface area contributed by atoms with E-state index in [0.29, 0.717) is 24.7 Å². The molecule has 23 heavy (non-hydrogen) atoms. The SMILES string of the molecule is c1csc(COCC2CCC3C2OCCN3Cc2nccs2)n1. The molecule has 3 heterocycles. The Morgan fingerprint density at radius 1 is 1.17 bits per heavy atom. The molecule has 1 aliphatic heterocycles. The van der Waals surface area contributed by atoms with E-state index < -0.39 is 0 Å². The van der Waals surface area contributed by atoms with Crippen LogP contribution in [0.2, 0.25) is 0 Å². The highest BCUT2D eigenvalue weighted by molar-refractivity contribution is 7.09. The van der Waals surface area contributed by atoms with Crippen LogP contribution in [0.3, 0.4) is 0 Å². The van der Waals surface area contributed by atoms with Gasteiger partial charge in [-0.15, -0.1) is 22.7 Å². The summed E-state index contributed by atoms with van der Waals surface area (Å²) in [6.45, 7) is 4.16. The summed E-state index contributed by atoms with van der Waals surface area (Å²) in [4.78, 5) is 11.2. The largest absolute Gasteiger partial charge is 0.375 e. The van der Waals surface area contributed by atoms with Gasteiger partial charge in [-0.2, -0.15) is 0 Å². The van der Waals surface area contributed by atoms with E-state index in [2.05, 4.69) is 20.2 Å². The van der Waals surface area contributed by atoms with Gasteiger partial charge in [0.1, 0.15) is 10.0 Å². The normalized spacial score (nSPS) is 28.1. The fourth-order valence-corrected chi connectivity index (χ4v) is 4.83. The topological polar surface area (TPSA) is 47.5 Å². The fraction of sp³-hybridized carbons (Fsp3) is 0.625. The van der Waals surface area contributed by atoms with Crippen LogP contribution in [-0.4, -0.2) is 46.8 Å². The highest BCUT2D eigenvalue weighted by atomic mass is 32.1. The van der Waals surface area contributed by atoms with Gasteiger partial charge in [0, 0.05) is 41.7 Å². The maximum Gasteiger partial charge on any atom is 0.118 e. The highest BCUT2D eigenvalue weighted by Crippen LogP contribution is 2.35. The summed E-state index contributed by atoms with van der Waals surface area (Å²) >= 11 is 3.39. The molecule has 2 aromatic rings. The summed E-state index contributed by atoms with van der Waals surface area (Å²) < 4.78 is 12.0. The Labute approximate surface area is 144 Å². The molecule has 5 nitrogen and oxygen atoms in total. The Kier molecular flexibility index (Phi) is 5.01. The summed E-state index contributed by atoms with van der Waals surface area (Å²) in [6, 6.07) is 0.515. The number of thiazole rings is 2. The zero-order valence-electron chi connectivity index (χ0n) is 13.0. The minimum absolute atomic E-state index is 0.306. The molecule has 3 unspecified atom stereocenters. The average Bonchev–Trinajstić information content (AvgIpc) is 3.30. The van der Waals surface area contributed by atoms with E-state index in [1.165, 1.54) is 17.8 Å². The van der Waals surface area contributed by atoms with Crippen molar-refractivity contribution in [2.75, 3.05) is 19.8 Å². The third-order valence-electron chi connectivity index (χ3n) is 4.70. The number of rotatable bonds is 6. The van der Waals surface area contributed by atoms with Crippen molar-refractivity contribution in [1.29, 1.82) is 0 Å². The van der Waals surface area contributed by atoms with Crippen LogP contribution in [0, 0.1) is 5.92 Å². The van der Waals surface area contributed by atoms with Crippen LogP contribution in [0.4, 0.5) is 0 Å². The monoisotopic (exact) mass is 351 g/mol. The number of nitrogens with zero attached hydrogens (tertiary/aromatic N) is 3. The molecule has 124 valence electrons. The quantitative estimate of drug-likeness (QED) is 0.801. The van der Waals surface area contributed by atoms with Gasteiger partial charge in [0.25, 0.3) is 0 Å². The molecule has 0 radical (unpaired) electrons. The molecule has 1 saturated carbocycles. The van der Waals surface area contributed by atoms with Gasteiger partial charge in [-0.05, 0) is 12.8 Å². The van der Waals surface area contributed by atoms with Crippen molar-refractivity contribution >= 4 is 22.7 Å². The summed E-state index contributed by atoms with van der Waals surface area (Å²) in [5, 5.41) is 6.30. The van der Waals surface area contributed by atoms with E-state index in [1.54, 1.807) is 22.7 Å². The molecule has 3 atom stereocenters. The highest BCUT2D eigenvalue weighted by Gasteiger charge is 2.42. The van der Waals surface area contributed by atoms with Crippen LogP contribution < -0.4 is 0 Å². The van der Waals surface area contributed by atoms with E-state index in [4.69, 9.17) is 9.47 Å². The molecule has 0 aromatic carbocycles. The van der Waals surface area contributed by atoms with E-state index in [0.717, 1.165) is 31.3 Å². The molecule has 0 bridgehead atoms. The molecule has 1 saturated heterocycles. The summed E-state index contributed by atoms with van der Waals surface area (Å²) in [5.74, 6) is 0.499. The van der Waals surface area contributed by atoms with Crippen LogP contribution in [0.5, 0.6) is 0 Å². The molecule has 0 N–H and O–H groups in total. The predicted molar refractivity (Wildman–Crippen MR) is 90.5 cm³/mol. The first-order chi connectivity index (χ1) is 11.4. The molecule has 0 spiro atoms. The Hall–Kier alpha value is -0.860. The van der Waals surface area contributed by atoms with Crippen LogP contribution in [0.15, 0.2) is 23.2 Å². The first-order valence-electron chi connectivity index (χ1n) is 8.10. The Balaban J connectivity index is 1.31. The second kappa shape index (κ2) is 7.36. The third-order valence-corrected chi connectivity index (χ3v) is 6.22. The van der Waals surface area contributed by atoms with Gasteiger partial charge in [0.05, 0.1) is 32.5 Å². The van der Waals surface area contributed by atoms with Crippen LogP contribution in [0.25, 0.3) is 0 Å². The lowest BCUT2D eigenvalue weighted by atomic mass is 10.0. The maximum atomic E-state index is 6.10. The van der Waals surface area contributed by atoms with Crippen LogP contribution in [-0.2, 0) is 22.6 Å². The number of ether oxygens (including phenoxy) is 2. The summed E-state index contributed by atoms with van der Waals surface area (Å²) in [5.41, 5.74) is 0. The molecule has 7 heteroatoms. The molecule has 0 amide bonds. The fourth-order valence-electron chi connectivity index (χ4n) is 3.64. The summed E-state index contributed by atoms with van der Waals surface area (Å²) in [7, 11) is 0. The Morgan fingerprint density at radius 3 is 2.78 bits per heavy atom. The van der Waals surface area contributed by atoms with Crippen molar-refractivity contribution in [3.05, 3.63) is 33.2 Å². The molecule has 2 aliphatic rings. The lowest BCUT2D eigenvalue weighted by Gasteiger charge is -2.38. The Morgan fingerprint density at radius 2 is 2.00 bits per heavy atom. The van der Waals surface area contributed by atoms with Gasteiger partial charge in [0.15, 0.2) is 0 Å². The predicted octanol–water partition coefficient (Wildman–Crippen LogP) is 2.80. The average molecular weight is 351 g/mol. The van der Waals surface area contributed by atoms with Crippen LogP contribution >= 0.6 is 22.7 Å². The number of aromatic nitrogens is 2. The third kappa shape index (κ3) is 3.64. The van der Waals surface area contributed by atoms with E-state index in [1.807, 2.05) is 17.8 Å².